The van der Waals surface area contributed by atoms with Crippen LogP contribution in [-0.2, 0) is 12.8 Å². The minimum Gasteiger partial charge on any atom is -0.310 e. The van der Waals surface area contributed by atoms with Crippen molar-refractivity contribution in [3.63, 3.8) is 0 Å². The maximum absolute atomic E-state index is 12.0. The second kappa shape index (κ2) is 4.89. The molecule has 0 saturated carbocycles. The lowest BCUT2D eigenvalue weighted by Crippen LogP contribution is -2.11. The van der Waals surface area contributed by atoms with Gasteiger partial charge >= 0.3 is 0 Å². The van der Waals surface area contributed by atoms with Crippen LogP contribution in [0.15, 0.2) is 0 Å². The van der Waals surface area contributed by atoms with Crippen LogP contribution < -0.4 is 5.32 Å². The summed E-state index contributed by atoms with van der Waals surface area (Å²) < 4.78 is 0.222. The number of halogens is 1. The van der Waals surface area contributed by atoms with Crippen molar-refractivity contribution in [2.75, 3.05) is 5.32 Å². The number of hydrogen-bond acceptors (Lipinski definition) is 6. The lowest BCUT2D eigenvalue weighted by atomic mass is 10.1. The highest BCUT2D eigenvalue weighted by Gasteiger charge is 2.24. The Morgan fingerprint density at radius 3 is 2.89 bits per heavy atom. The molecule has 1 aliphatic carbocycles. The summed E-state index contributed by atoms with van der Waals surface area (Å²) in [6.45, 7) is 0. The Labute approximate surface area is 121 Å². The number of carbonyl (C=O) groups excluding carboxylic acids is 1. The SMILES string of the molecule is N#Cc1c(NC(=O)c2nnc(Cl)s2)sc2c1CCC2. The molecule has 3 rings (SSSR count). The first-order valence-corrected chi connectivity index (χ1v) is 7.55. The molecule has 0 aromatic carbocycles. The van der Waals surface area contributed by atoms with Crippen LogP contribution in [0.25, 0.3) is 0 Å². The van der Waals surface area contributed by atoms with Crippen LogP contribution in [0.2, 0.25) is 4.47 Å². The van der Waals surface area contributed by atoms with Gasteiger partial charge in [0.25, 0.3) is 5.91 Å². The van der Waals surface area contributed by atoms with Gasteiger partial charge in [0.05, 0.1) is 5.56 Å². The highest BCUT2D eigenvalue weighted by molar-refractivity contribution is 7.18. The second-order valence-corrected chi connectivity index (χ2v) is 6.65. The number of nitrogens with zero attached hydrogens (tertiary/aromatic N) is 3. The van der Waals surface area contributed by atoms with Crippen molar-refractivity contribution in [3.8, 4) is 6.07 Å². The minimum atomic E-state index is -0.374. The predicted molar refractivity (Wildman–Crippen MR) is 73.9 cm³/mol. The fourth-order valence-electron chi connectivity index (χ4n) is 2.06. The largest absolute Gasteiger partial charge is 0.310 e. The van der Waals surface area contributed by atoms with Crippen molar-refractivity contribution in [1.82, 2.24) is 10.2 Å². The van der Waals surface area contributed by atoms with Gasteiger partial charge in [-0.2, -0.15) is 5.26 Å². The first-order chi connectivity index (χ1) is 9.19. The van der Waals surface area contributed by atoms with E-state index in [0.717, 1.165) is 36.2 Å². The molecule has 0 saturated heterocycles. The van der Waals surface area contributed by atoms with E-state index in [1.165, 1.54) is 16.2 Å². The van der Waals surface area contributed by atoms with Crippen molar-refractivity contribution in [2.24, 2.45) is 0 Å². The third kappa shape index (κ3) is 2.23. The van der Waals surface area contributed by atoms with Crippen molar-refractivity contribution in [3.05, 3.63) is 25.5 Å². The van der Waals surface area contributed by atoms with Gasteiger partial charge < -0.3 is 5.32 Å². The number of aryl methyl sites for hydroxylation is 1. The number of thiophene rings is 1. The molecule has 8 heteroatoms. The van der Waals surface area contributed by atoms with E-state index in [-0.39, 0.29) is 15.4 Å². The summed E-state index contributed by atoms with van der Waals surface area (Å²) in [4.78, 5) is 13.2. The Balaban J connectivity index is 1.88. The number of carbonyl (C=O) groups is 1. The van der Waals surface area contributed by atoms with E-state index in [1.807, 2.05) is 0 Å². The van der Waals surface area contributed by atoms with Gasteiger partial charge in [-0.05, 0) is 36.4 Å². The normalized spacial score (nSPS) is 13.1. The molecule has 0 aliphatic heterocycles. The number of nitrogens with one attached hydrogen (secondary N) is 1. The summed E-state index contributed by atoms with van der Waals surface area (Å²) >= 11 is 8.13. The number of aromatic nitrogens is 2. The average molecular weight is 311 g/mol. The number of anilines is 1. The van der Waals surface area contributed by atoms with Crippen LogP contribution in [0.5, 0.6) is 0 Å². The zero-order valence-corrected chi connectivity index (χ0v) is 12.0. The van der Waals surface area contributed by atoms with Crippen LogP contribution in [0, 0.1) is 11.3 Å². The van der Waals surface area contributed by atoms with E-state index < -0.39 is 0 Å². The van der Waals surface area contributed by atoms with Gasteiger partial charge in [-0.3, -0.25) is 4.79 Å². The number of fused-ring (bicyclic) bond motifs is 1. The number of rotatable bonds is 2. The highest BCUT2D eigenvalue weighted by Crippen LogP contribution is 2.38. The van der Waals surface area contributed by atoms with Crippen molar-refractivity contribution in [1.29, 1.82) is 5.26 Å². The quantitative estimate of drug-likeness (QED) is 0.925. The van der Waals surface area contributed by atoms with Crippen molar-refractivity contribution in [2.45, 2.75) is 19.3 Å². The second-order valence-electron chi connectivity index (χ2n) is 3.99. The van der Waals surface area contributed by atoms with E-state index in [9.17, 15) is 10.1 Å². The molecule has 0 radical (unpaired) electrons. The molecule has 19 heavy (non-hydrogen) atoms. The highest BCUT2D eigenvalue weighted by atomic mass is 35.5. The van der Waals surface area contributed by atoms with E-state index in [1.54, 1.807) is 0 Å². The van der Waals surface area contributed by atoms with Crippen LogP contribution in [0.3, 0.4) is 0 Å². The molecular weight excluding hydrogens is 304 g/mol. The van der Waals surface area contributed by atoms with Crippen LogP contribution in [0.1, 0.15) is 32.2 Å². The van der Waals surface area contributed by atoms with E-state index in [4.69, 9.17) is 11.6 Å². The van der Waals surface area contributed by atoms with Gasteiger partial charge in [-0.1, -0.05) is 11.3 Å². The number of nitriles is 1. The Morgan fingerprint density at radius 1 is 1.37 bits per heavy atom. The molecule has 1 amide bonds. The maximum Gasteiger partial charge on any atom is 0.287 e. The average Bonchev–Trinajstić information content (AvgIpc) is 3.04. The topological polar surface area (TPSA) is 78.7 Å². The maximum atomic E-state index is 12.0. The Morgan fingerprint density at radius 2 is 2.21 bits per heavy atom. The predicted octanol–water partition coefficient (Wildman–Crippen LogP) is 2.87. The fraction of sp³-hybridized carbons (Fsp3) is 0.273. The zero-order chi connectivity index (χ0) is 13.4. The van der Waals surface area contributed by atoms with Gasteiger partial charge in [0.15, 0.2) is 0 Å². The molecule has 0 unspecified atom stereocenters. The minimum absolute atomic E-state index is 0.197. The first-order valence-electron chi connectivity index (χ1n) is 5.54. The molecular formula is C11H7ClN4OS2. The standard InChI is InChI=1S/C11H7ClN4OS2/c12-11-16-15-10(19-11)8(17)14-9-6(4-13)5-2-1-3-7(5)18-9/h1-3H2,(H,14,17). The van der Waals surface area contributed by atoms with Crippen molar-refractivity contribution < 1.29 is 4.79 Å². The van der Waals surface area contributed by atoms with Crippen molar-refractivity contribution >= 4 is 45.2 Å². The van der Waals surface area contributed by atoms with Gasteiger partial charge in [-0.15, -0.1) is 21.5 Å². The summed E-state index contributed by atoms with van der Waals surface area (Å²) in [7, 11) is 0. The molecule has 96 valence electrons. The molecule has 0 spiro atoms. The van der Waals surface area contributed by atoms with Crippen LogP contribution >= 0.6 is 34.3 Å². The smallest absolute Gasteiger partial charge is 0.287 e. The Hall–Kier alpha value is -1.49. The van der Waals surface area contributed by atoms with E-state index in [2.05, 4.69) is 21.6 Å². The molecule has 5 nitrogen and oxygen atoms in total. The Bertz CT molecular complexity index is 700. The summed E-state index contributed by atoms with van der Waals surface area (Å²) in [5.41, 5.74) is 1.67. The van der Waals surface area contributed by atoms with E-state index >= 15 is 0 Å². The number of hydrogen-bond donors (Lipinski definition) is 1. The van der Waals surface area contributed by atoms with Gasteiger partial charge in [0.2, 0.25) is 9.47 Å². The Kier molecular flexibility index (Phi) is 3.22. The van der Waals surface area contributed by atoms with Crippen LogP contribution in [0.4, 0.5) is 5.00 Å². The van der Waals surface area contributed by atoms with Gasteiger partial charge in [0, 0.05) is 4.88 Å². The van der Waals surface area contributed by atoms with Gasteiger partial charge in [0.1, 0.15) is 11.1 Å². The fourth-order valence-corrected chi connectivity index (χ4v) is 4.02. The summed E-state index contributed by atoms with van der Waals surface area (Å²) in [6, 6.07) is 2.17. The third-order valence-corrected chi connectivity index (χ3v) is 5.08. The number of amides is 1. The molecule has 1 N–H and O–H groups in total. The molecule has 2 aromatic rings. The summed E-state index contributed by atoms with van der Waals surface area (Å²) in [5, 5.41) is 20.0. The molecule has 0 bridgehead atoms. The summed E-state index contributed by atoms with van der Waals surface area (Å²) in [5.74, 6) is -0.374. The monoisotopic (exact) mass is 310 g/mol. The summed E-state index contributed by atoms with van der Waals surface area (Å²) in [6.07, 6.45) is 2.97. The first kappa shape index (κ1) is 12.5. The molecule has 2 heterocycles. The molecule has 0 atom stereocenters. The lowest BCUT2D eigenvalue weighted by molar-refractivity contribution is 0.102. The molecule has 0 fully saturated rings. The zero-order valence-electron chi connectivity index (χ0n) is 9.57. The molecule has 2 aromatic heterocycles. The molecule has 1 aliphatic rings. The van der Waals surface area contributed by atoms with Gasteiger partial charge in [-0.25, -0.2) is 0 Å². The lowest BCUT2D eigenvalue weighted by Gasteiger charge is -2.00. The van der Waals surface area contributed by atoms with E-state index in [0.29, 0.717) is 10.6 Å². The van der Waals surface area contributed by atoms with Crippen LogP contribution in [-0.4, -0.2) is 16.1 Å². The third-order valence-electron chi connectivity index (χ3n) is 2.85.